The van der Waals surface area contributed by atoms with Crippen molar-refractivity contribution in [2.75, 3.05) is 25.2 Å². The molecule has 0 saturated heterocycles. The van der Waals surface area contributed by atoms with E-state index in [4.69, 9.17) is 19.3 Å². The molecule has 3 aromatic carbocycles. The van der Waals surface area contributed by atoms with Gasteiger partial charge in [-0.25, -0.2) is 12.8 Å². The van der Waals surface area contributed by atoms with Crippen molar-refractivity contribution in [1.82, 2.24) is 0 Å². The van der Waals surface area contributed by atoms with Gasteiger partial charge in [0, 0.05) is 29.4 Å². The fraction of sp³-hybridized carbons (Fsp3) is 0.406. The highest BCUT2D eigenvalue weighted by atomic mass is 32.2. The third-order valence-electron chi connectivity index (χ3n) is 7.80. The minimum atomic E-state index is -2.97. The lowest BCUT2D eigenvalue weighted by atomic mass is 9.90. The first-order valence-electron chi connectivity index (χ1n) is 13.9. The number of unbranched alkanes of at least 4 members (excludes halogenated alkanes) is 1. The largest absolute Gasteiger partial charge is 0.494 e. The van der Waals surface area contributed by atoms with Crippen molar-refractivity contribution in [2.24, 2.45) is 0 Å². The second-order valence-corrected chi connectivity index (χ2v) is 13.3. The van der Waals surface area contributed by atoms with E-state index >= 15 is 4.39 Å². The third-order valence-corrected chi connectivity index (χ3v) is 8.83. The zero-order chi connectivity index (χ0) is 29.3. The summed E-state index contributed by atoms with van der Waals surface area (Å²) in [4.78, 5) is 11.2. The second kappa shape index (κ2) is 11.7. The fourth-order valence-electron chi connectivity index (χ4n) is 5.99. The molecule has 218 valence electrons. The number of ether oxygens (including phenoxy) is 3. The van der Waals surface area contributed by atoms with E-state index in [1.54, 1.807) is 12.1 Å². The first-order chi connectivity index (χ1) is 19.5. The highest BCUT2D eigenvalue weighted by Gasteiger charge is 2.32. The number of benzene rings is 3. The fourth-order valence-corrected chi connectivity index (χ4v) is 6.72. The summed E-state index contributed by atoms with van der Waals surface area (Å²) in [6, 6.07) is 12.7. The summed E-state index contributed by atoms with van der Waals surface area (Å²) < 4.78 is 55.8. The minimum absolute atomic E-state index is 0.00845. The molecule has 2 aliphatic rings. The van der Waals surface area contributed by atoms with Gasteiger partial charge in [0.15, 0.2) is 0 Å². The number of rotatable bonds is 11. The summed E-state index contributed by atoms with van der Waals surface area (Å²) in [6.07, 6.45) is 3.32. The van der Waals surface area contributed by atoms with E-state index in [2.05, 4.69) is 0 Å². The van der Waals surface area contributed by atoms with E-state index < -0.39 is 21.9 Å². The summed E-state index contributed by atoms with van der Waals surface area (Å²) in [6.45, 7) is 4.78. The Hall–Kier alpha value is -3.59. The number of hydrogen-bond donors (Lipinski definition) is 1. The standard InChI is InChI=1S/C32H35FO7S/c1-19-14-23(38-12-4-5-13-41(3,36)37)15-20(2)31(19)25-8-10-27(33)32-26(25)9-11-28(32)40-22-6-7-24-21(16-30(34)35)18-39-29(24)17-22/h6-8,10,14-15,17,21,28H,4-5,9,11-13,16,18H2,1-3H3,(H,34,35)/t21?,28-/m1/s1. The van der Waals surface area contributed by atoms with Crippen LogP contribution in [-0.2, 0) is 21.1 Å². The predicted molar refractivity (Wildman–Crippen MR) is 154 cm³/mol. The highest BCUT2D eigenvalue weighted by molar-refractivity contribution is 7.90. The maximum Gasteiger partial charge on any atom is 0.304 e. The van der Waals surface area contributed by atoms with Gasteiger partial charge in [0.25, 0.3) is 0 Å². The van der Waals surface area contributed by atoms with Gasteiger partial charge in [-0.2, -0.15) is 0 Å². The Balaban J connectivity index is 1.33. The summed E-state index contributed by atoms with van der Waals surface area (Å²) >= 11 is 0. The number of sulfone groups is 1. The Labute approximate surface area is 240 Å². The quantitative estimate of drug-likeness (QED) is 0.264. The Kier molecular flexibility index (Phi) is 8.27. The van der Waals surface area contributed by atoms with Crippen LogP contribution in [0.15, 0.2) is 42.5 Å². The topological polar surface area (TPSA) is 99.1 Å². The molecule has 9 heteroatoms. The van der Waals surface area contributed by atoms with Crippen LogP contribution < -0.4 is 14.2 Å². The van der Waals surface area contributed by atoms with Crippen LogP contribution in [0.25, 0.3) is 11.1 Å². The molecule has 1 N–H and O–H groups in total. The summed E-state index contributed by atoms with van der Waals surface area (Å²) in [5.74, 6) is 0.711. The molecule has 3 aromatic rings. The lowest BCUT2D eigenvalue weighted by Gasteiger charge is -2.19. The molecule has 0 bridgehead atoms. The Morgan fingerprint density at radius 2 is 1.83 bits per heavy atom. The lowest BCUT2D eigenvalue weighted by molar-refractivity contribution is -0.137. The van der Waals surface area contributed by atoms with Gasteiger partial charge in [0.1, 0.15) is 39.0 Å². The average Bonchev–Trinajstić information content (AvgIpc) is 3.48. The number of hydrogen-bond acceptors (Lipinski definition) is 6. The van der Waals surface area contributed by atoms with Crippen LogP contribution in [0, 0.1) is 19.7 Å². The molecular weight excluding hydrogens is 547 g/mol. The van der Waals surface area contributed by atoms with Crippen molar-refractivity contribution in [1.29, 1.82) is 0 Å². The number of carboxylic acid groups (broad SMARTS) is 1. The normalized spacial score (nSPS) is 17.6. The van der Waals surface area contributed by atoms with Crippen LogP contribution in [0.4, 0.5) is 4.39 Å². The molecule has 1 aliphatic carbocycles. The maximum atomic E-state index is 15.3. The molecule has 0 aromatic heterocycles. The number of carboxylic acids is 1. The van der Waals surface area contributed by atoms with Gasteiger partial charge in [0.2, 0.25) is 0 Å². The van der Waals surface area contributed by atoms with Gasteiger partial charge in [-0.05, 0) is 91.6 Å². The monoisotopic (exact) mass is 582 g/mol. The molecular formula is C32H35FO7S. The van der Waals surface area contributed by atoms with E-state index in [1.807, 2.05) is 38.1 Å². The van der Waals surface area contributed by atoms with Crippen molar-refractivity contribution >= 4 is 15.8 Å². The summed E-state index contributed by atoms with van der Waals surface area (Å²) in [5, 5.41) is 9.15. The van der Waals surface area contributed by atoms with Crippen LogP contribution in [-0.4, -0.2) is 44.7 Å². The third kappa shape index (κ3) is 6.50. The molecule has 1 heterocycles. The summed E-state index contributed by atoms with van der Waals surface area (Å²) in [7, 11) is -2.97. The zero-order valence-electron chi connectivity index (χ0n) is 23.5. The molecule has 2 atom stereocenters. The van der Waals surface area contributed by atoms with Crippen LogP contribution >= 0.6 is 0 Å². The van der Waals surface area contributed by atoms with Crippen molar-refractivity contribution in [3.05, 3.63) is 76.1 Å². The Bertz CT molecular complexity index is 1560. The SMILES string of the molecule is Cc1cc(OCCCCS(C)(=O)=O)cc(C)c1-c1ccc(F)c2c1CC[C@H]2Oc1ccc2c(c1)OCC2CC(=O)O. The van der Waals surface area contributed by atoms with E-state index in [0.29, 0.717) is 56.0 Å². The van der Waals surface area contributed by atoms with E-state index in [9.17, 15) is 13.2 Å². The molecule has 7 nitrogen and oxygen atoms in total. The predicted octanol–water partition coefficient (Wildman–Crippen LogP) is 6.33. The van der Waals surface area contributed by atoms with Crippen molar-refractivity contribution in [3.8, 4) is 28.4 Å². The lowest BCUT2D eigenvalue weighted by Crippen LogP contribution is -2.07. The molecule has 0 saturated carbocycles. The van der Waals surface area contributed by atoms with Crippen LogP contribution in [0.3, 0.4) is 0 Å². The van der Waals surface area contributed by atoms with E-state index in [0.717, 1.165) is 39.1 Å². The second-order valence-electron chi connectivity index (χ2n) is 11.1. The zero-order valence-corrected chi connectivity index (χ0v) is 24.4. The van der Waals surface area contributed by atoms with Gasteiger partial charge in [-0.15, -0.1) is 0 Å². The van der Waals surface area contributed by atoms with Gasteiger partial charge >= 0.3 is 5.97 Å². The average molecular weight is 583 g/mol. The van der Waals surface area contributed by atoms with Crippen LogP contribution in [0.2, 0.25) is 0 Å². The number of aryl methyl sites for hydroxylation is 2. The van der Waals surface area contributed by atoms with Gasteiger partial charge in [-0.1, -0.05) is 12.1 Å². The molecule has 5 rings (SSSR count). The van der Waals surface area contributed by atoms with Crippen molar-refractivity contribution in [2.45, 2.75) is 58.0 Å². The number of aliphatic carboxylic acids is 1. The molecule has 0 fully saturated rings. The summed E-state index contributed by atoms with van der Waals surface area (Å²) in [5.41, 5.74) is 6.42. The number of halogens is 1. The minimum Gasteiger partial charge on any atom is -0.494 e. The van der Waals surface area contributed by atoms with E-state index in [1.165, 1.54) is 12.3 Å². The van der Waals surface area contributed by atoms with Crippen LogP contribution in [0.5, 0.6) is 17.2 Å². The van der Waals surface area contributed by atoms with Gasteiger partial charge < -0.3 is 19.3 Å². The Morgan fingerprint density at radius 3 is 2.54 bits per heavy atom. The van der Waals surface area contributed by atoms with Gasteiger partial charge in [0.05, 0.1) is 25.4 Å². The van der Waals surface area contributed by atoms with Crippen molar-refractivity contribution < 1.29 is 36.9 Å². The van der Waals surface area contributed by atoms with Crippen LogP contribution in [0.1, 0.15) is 65.5 Å². The van der Waals surface area contributed by atoms with E-state index in [-0.39, 0.29) is 23.9 Å². The van der Waals surface area contributed by atoms with Gasteiger partial charge in [-0.3, -0.25) is 4.79 Å². The first-order valence-corrected chi connectivity index (χ1v) is 15.9. The number of carbonyl (C=O) groups is 1. The Morgan fingerprint density at radius 1 is 1.07 bits per heavy atom. The molecule has 1 unspecified atom stereocenters. The molecule has 1 aliphatic heterocycles. The first kappa shape index (κ1) is 28.9. The molecule has 0 amide bonds. The molecule has 0 spiro atoms. The smallest absolute Gasteiger partial charge is 0.304 e. The maximum absolute atomic E-state index is 15.3. The van der Waals surface area contributed by atoms with Crippen molar-refractivity contribution in [3.63, 3.8) is 0 Å². The number of fused-ring (bicyclic) bond motifs is 2. The highest BCUT2D eigenvalue weighted by Crippen LogP contribution is 2.45. The molecule has 0 radical (unpaired) electrons. The molecule has 41 heavy (non-hydrogen) atoms.